The molecule has 1 aromatic rings. The van der Waals surface area contributed by atoms with Crippen molar-refractivity contribution >= 4 is 12.9 Å². The number of carbonyl (C=O) groups is 2. The zero-order valence-electron chi connectivity index (χ0n) is 14.2. The van der Waals surface area contributed by atoms with E-state index in [0.717, 1.165) is 12.0 Å². The number of amides is 1. The van der Waals surface area contributed by atoms with Gasteiger partial charge in [-0.15, -0.1) is 0 Å². The molecule has 1 fully saturated rings. The highest BCUT2D eigenvalue weighted by Crippen LogP contribution is 2.10. The second-order valence-corrected chi connectivity index (χ2v) is 6.21. The van der Waals surface area contributed by atoms with Crippen LogP contribution in [0.2, 0.25) is 0 Å². The van der Waals surface area contributed by atoms with E-state index in [1.165, 1.54) is 0 Å². The summed E-state index contributed by atoms with van der Waals surface area (Å²) in [5.74, 6) is 0. The van der Waals surface area contributed by atoms with Gasteiger partial charge in [-0.2, -0.15) is 0 Å². The molecule has 1 aliphatic rings. The number of benzene rings is 1. The van der Waals surface area contributed by atoms with Crippen LogP contribution in [0.1, 0.15) is 32.8 Å². The molecule has 1 aromatic carbocycles. The second kappa shape index (κ2) is 10.7. The van der Waals surface area contributed by atoms with Gasteiger partial charge in [-0.05, 0) is 32.8 Å². The first-order valence-corrected chi connectivity index (χ1v) is 7.48. The van der Waals surface area contributed by atoms with E-state index < -0.39 is 5.60 Å². The summed E-state index contributed by atoms with van der Waals surface area (Å²) >= 11 is 0. The number of aliphatic hydroxyl groups is 1. The predicted octanol–water partition coefficient (Wildman–Crippen LogP) is 1.95. The number of likely N-dealkylation sites (tertiary alicyclic amines) is 1. The first-order valence-electron chi connectivity index (χ1n) is 7.48. The SMILES string of the molecule is C=O.CC(C)(C)O.N[C@@H]1CCN(C(=O)OCc2ccccc2)C1. The van der Waals surface area contributed by atoms with Gasteiger partial charge in [0.05, 0.1) is 5.60 Å². The molecule has 1 atom stereocenters. The minimum Gasteiger partial charge on any atom is -0.445 e. The molecular formula is C17H28N2O4. The van der Waals surface area contributed by atoms with E-state index in [-0.39, 0.29) is 12.1 Å². The Kier molecular flexibility index (Phi) is 9.85. The summed E-state index contributed by atoms with van der Waals surface area (Å²) < 4.78 is 5.19. The third-order valence-corrected chi connectivity index (χ3v) is 2.69. The minimum absolute atomic E-state index is 0.101. The van der Waals surface area contributed by atoms with Crippen molar-refractivity contribution in [1.29, 1.82) is 0 Å². The first kappa shape index (κ1) is 21.1. The van der Waals surface area contributed by atoms with Gasteiger partial charge >= 0.3 is 6.09 Å². The van der Waals surface area contributed by atoms with Crippen LogP contribution in [0.15, 0.2) is 30.3 Å². The first-order chi connectivity index (χ1) is 10.8. The summed E-state index contributed by atoms with van der Waals surface area (Å²) in [6.07, 6.45) is 0.595. The molecule has 23 heavy (non-hydrogen) atoms. The highest BCUT2D eigenvalue weighted by molar-refractivity contribution is 5.68. The van der Waals surface area contributed by atoms with Crippen molar-refractivity contribution in [2.45, 2.75) is 45.4 Å². The van der Waals surface area contributed by atoms with Crippen LogP contribution in [0.25, 0.3) is 0 Å². The average Bonchev–Trinajstić information content (AvgIpc) is 2.93. The highest BCUT2D eigenvalue weighted by Gasteiger charge is 2.24. The number of nitrogens with two attached hydrogens (primary N) is 1. The maximum Gasteiger partial charge on any atom is 0.410 e. The lowest BCUT2D eigenvalue weighted by Gasteiger charge is -2.15. The Hall–Kier alpha value is -1.92. The Bertz CT molecular complexity index is 440. The van der Waals surface area contributed by atoms with Crippen molar-refractivity contribution in [3.63, 3.8) is 0 Å². The molecule has 0 aromatic heterocycles. The lowest BCUT2D eigenvalue weighted by molar-refractivity contribution is -0.0980. The Morgan fingerprint density at radius 3 is 2.30 bits per heavy atom. The van der Waals surface area contributed by atoms with Crippen molar-refractivity contribution in [3.05, 3.63) is 35.9 Å². The van der Waals surface area contributed by atoms with Crippen molar-refractivity contribution in [2.75, 3.05) is 13.1 Å². The van der Waals surface area contributed by atoms with Gasteiger partial charge in [0.1, 0.15) is 13.4 Å². The number of hydrogen-bond donors (Lipinski definition) is 2. The van der Waals surface area contributed by atoms with Crippen molar-refractivity contribution in [3.8, 4) is 0 Å². The number of nitrogens with zero attached hydrogens (tertiary/aromatic N) is 1. The Morgan fingerprint density at radius 2 is 1.87 bits per heavy atom. The Morgan fingerprint density at radius 1 is 1.35 bits per heavy atom. The van der Waals surface area contributed by atoms with E-state index in [0.29, 0.717) is 19.7 Å². The van der Waals surface area contributed by atoms with Gasteiger partial charge < -0.3 is 25.3 Å². The predicted molar refractivity (Wildman–Crippen MR) is 89.9 cm³/mol. The maximum atomic E-state index is 11.6. The van der Waals surface area contributed by atoms with Crippen LogP contribution in [-0.4, -0.2) is 47.6 Å². The van der Waals surface area contributed by atoms with Crippen molar-refractivity contribution in [1.82, 2.24) is 4.90 Å². The number of rotatable bonds is 2. The second-order valence-electron chi connectivity index (χ2n) is 6.21. The summed E-state index contributed by atoms with van der Waals surface area (Å²) in [4.78, 5) is 21.3. The summed E-state index contributed by atoms with van der Waals surface area (Å²) in [5, 5.41) is 8.52. The van der Waals surface area contributed by atoms with Gasteiger partial charge in [-0.1, -0.05) is 30.3 Å². The maximum absolute atomic E-state index is 11.6. The summed E-state index contributed by atoms with van der Waals surface area (Å²) in [5.41, 5.74) is 6.22. The van der Waals surface area contributed by atoms with Crippen LogP contribution in [0.5, 0.6) is 0 Å². The van der Waals surface area contributed by atoms with Crippen LogP contribution in [0.4, 0.5) is 4.79 Å². The molecule has 1 saturated heterocycles. The molecular weight excluding hydrogens is 296 g/mol. The molecule has 130 valence electrons. The molecule has 0 saturated carbocycles. The fourth-order valence-electron chi connectivity index (χ4n) is 1.76. The zero-order chi connectivity index (χ0) is 17.9. The molecule has 1 amide bonds. The molecule has 0 spiro atoms. The van der Waals surface area contributed by atoms with Gasteiger partial charge in [0.25, 0.3) is 0 Å². The van der Waals surface area contributed by atoms with Gasteiger partial charge in [0, 0.05) is 19.1 Å². The Balaban J connectivity index is 0.000000594. The van der Waals surface area contributed by atoms with E-state index in [1.54, 1.807) is 25.7 Å². The number of hydrogen-bond acceptors (Lipinski definition) is 5. The molecule has 2 rings (SSSR count). The summed E-state index contributed by atoms with van der Waals surface area (Å²) in [6.45, 7) is 8.86. The molecule has 0 radical (unpaired) electrons. The zero-order valence-corrected chi connectivity index (χ0v) is 14.2. The molecule has 6 nitrogen and oxygen atoms in total. The number of carbonyl (C=O) groups excluding carboxylic acids is 2. The summed E-state index contributed by atoms with van der Waals surface area (Å²) in [6, 6.07) is 9.75. The van der Waals surface area contributed by atoms with Crippen LogP contribution in [-0.2, 0) is 16.1 Å². The van der Waals surface area contributed by atoms with Crippen LogP contribution in [0, 0.1) is 0 Å². The monoisotopic (exact) mass is 324 g/mol. The van der Waals surface area contributed by atoms with Crippen molar-refractivity contribution < 1.29 is 19.4 Å². The van der Waals surface area contributed by atoms with Crippen LogP contribution in [0.3, 0.4) is 0 Å². The fourth-order valence-corrected chi connectivity index (χ4v) is 1.76. The third kappa shape index (κ3) is 11.3. The molecule has 0 aliphatic carbocycles. The van der Waals surface area contributed by atoms with Gasteiger partial charge in [0.15, 0.2) is 0 Å². The highest BCUT2D eigenvalue weighted by atomic mass is 16.6. The minimum atomic E-state index is -0.500. The topological polar surface area (TPSA) is 92.9 Å². The molecule has 0 unspecified atom stereocenters. The van der Waals surface area contributed by atoms with Crippen LogP contribution >= 0.6 is 0 Å². The Labute approximate surface area is 138 Å². The third-order valence-electron chi connectivity index (χ3n) is 2.69. The van der Waals surface area contributed by atoms with E-state index >= 15 is 0 Å². The van der Waals surface area contributed by atoms with E-state index in [9.17, 15) is 4.79 Å². The molecule has 6 heteroatoms. The van der Waals surface area contributed by atoms with Crippen molar-refractivity contribution in [2.24, 2.45) is 5.73 Å². The van der Waals surface area contributed by atoms with Gasteiger partial charge in [-0.3, -0.25) is 0 Å². The molecule has 1 heterocycles. The molecule has 0 bridgehead atoms. The average molecular weight is 324 g/mol. The van der Waals surface area contributed by atoms with E-state index in [1.807, 2.05) is 37.1 Å². The lowest BCUT2D eigenvalue weighted by Crippen LogP contribution is -2.32. The van der Waals surface area contributed by atoms with Crippen LogP contribution < -0.4 is 5.73 Å². The normalized spacial score (nSPS) is 16.6. The van der Waals surface area contributed by atoms with E-state index in [2.05, 4.69) is 0 Å². The lowest BCUT2D eigenvalue weighted by atomic mass is 10.2. The molecule has 3 N–H and O–H groups in total. The quantitative estimate of drug-likeness (QED) is 0.867. The smallest absolute Gasteiger partial charge is 0.410 e. The van der Waals surface area contributed by atoms with Gasteiger partial charge in [0.2, 0.25) is 0 Å². The number of ether oxygens (including phenoxy) is 1. The van der Waals surface area contributed by atoms with E-state index in [4.69, 9.17) is 20.4 Å². The summed E-state index contributed by atoms with van der Waals surface area (Å²) in [7, 11) is 0. The fraction of sp³-hybridized carbons (Fsp3) is 0.529. The van der Waals surface area contributed by atoms with Gasteiger partial charge in [-0.25, -0.2) is 4.79 Å². The largest absolute Gasteiger partial charge is 0.445 e. The standard InChI is InChI=1S/C12H16N2O2.C4H10O.CH2O/c13-11-6-7-14(8-11)12(15)16-9-10-4-2-1-3-5-10;1-4(2,3)5;1-2/h1-5,11H,6-9,13H2;5H,1-3H3;1H2/t11-;;/m1../s1. The molecule has 1 aliphatic heterocycles.